The molecule has 0 aliphatic carbocycles. The summed E-state index contributed by atoms with van der Waals surface area (Å²) in [6.45, 7) is 5.32. The second-order valence-electron chi connectivity index (χ2n) is 4.67. The van der Waals surface area contributed by atoms with E-state index in [1.165, 1.54) is 11.3 Å². The molecule has 0 saturated carbocycles. The number of urea groups is 1. The van der Waals surface area contributed by atoms with Crippen molar-refractivity contribution in [3.05, 3.63) is 27.9 Å². The van der Waals surface area contributed by atoms with Gasteiger partial charge in [-0.15, -0.1) is 11.3 Å². The maximum absolute atomic E-state index is 12.0. The van der Waals surface area contributed by atoms with Crippen molar-refractivity contribution in [1.29, 1.82) is 0 Å². The van der Waals surface area contributed by atoms with Crippen LogP contribution in [0.25, 0.3) is 0 Å². The predicted molar refractivity (Wildman–Crippen MR) is 81.3 cm³/mol. The van der Waals surface area contributed by atoms with Crippen LogP contribution in [0.1, 0.15) is 26.5 Å². The van der Waals surface area contributed by atoms with Crippen molar-refractivity contribution in [3.8, 4) is 0 Å². The van der Waals surface area contributed by atoms with Gasteiger partial charge in [-0.05, 0) is 26.3 Å². The van der Waals surface area contributed by atoms with Crippen molar-refractivity contribution in [1.82, 2.24) is 9.78 Å². The molecule has 0 unspecified atom stereocenters. The molecule has 0 spiro atoms. The van der Waals surface area contributed by atoms with Crippen molar-refractivity contribution in [2.45, 2.75) is 20.8 Å². The minimum atomic E-state index is -1.05. The number of thiophene rings is 1. The molecule has 0 aliphatic rings. The number of carboxylic acids is 1. The number of aromatic carboxylic acids is 1. The molecular formula is C13H16N4O3S. The molecule has 0 saturated heterocycles. The molecule has 2 heterocycles. The molecule has 0 aromatic carbocycles. The van der Waals surface area contributed by atoms with Crippen molar-refractivity contribution < 1.29 is 14.7 Å². The lowest BCUT2D eigenvalue weighted by Crippen LogP contribution is -2.20. The van der Waals surface area contributed by atoms with Gasteiger partial charge in [0, 0.05) is 18.1 Å². The zero-order valence-electron chi connectivity index (χ0n) is 12.1. The van der Waals surface area contributed by atoms with Gasteiger partial charge in [0.25, 0.3) is 0 Å². The summed E-state index contributed by atoms with van der Waals surface area (Å²) in [5, 5.41) is 18.9. The number of nitrogens with one attached hydrogen (secondary N) is 2. The number of rotatable bonds is 3. The highest BCUT2D eigenvalue weighted by Crippen LogP contribution is 2.32. The molecule has 0 atom stereocenters. The number of hydrogen-bond donors (Lipinski definition) is 3. The van der Waals surface area contributed by atoms with Gasteiger partial charge < -0.3 is 10.4 Å². The molecule has 0 fully saturated rings. The first-order chi connectivity index (χ1) is 9.79. The van der Waals surface area contributed by atoms with Crippen LogP contribution in [-0.2, 0) is 7.05 Å². The van der Waals surface area contributed by atoms with Gasteiger partial charge >= 0.3 is 12.0 Å². The van der Waals surface area contributed by atoms with Gasteiger partial charge in [0.15, 0.2) is 0 Å². The quantitative estimate of drug-likeness (QED) is 0.812. The van der Waals surface area contributed by atoms with Crippen LogP contribution >= 0.6 is 11.3 Å². The Morgan fingerprint density at radius 1 is 1.29 bits per heavy atom. The third-order valence-electron chi connectivity index (χ3n) is 3.09. The first-order valence-electron chi connectivity index (χ1n) is 6.21. The van der Waals surface area contributed by atoms with Gasteiger partial charge in [0.2, 0.25) is 0 Å². The van der Waals surface area contributed by atoms with Crippen molar-refractivity contribution in [2.24, 2.45) is 7.05 Å². The number of anilines is 2. The van der Waals surface area contributed by atoms with E-state index >= 15 is 0 Å². The van der Waals surface area contributed by atoms with E-state index in [-0.39, 0.29) is 5.56 Å². The van der Waals surface area contributed by atoms with Crippen LogP contribution in [0.15, 0.2) is 6.20 Å². The Morgan fingerprint density at radius 3 is 2.48 bits per heavy atom. The molecule has 7 nitrogen and oxygen atoms in total. The molecule has 2 aromatic rings. The molecule has 8 heteroatoms. The van der Waals surface area contributed by atoms with Gasteiger partial charge in [-0.1, -0.05) is 0 Å². The maximum Gasteiger partial charge on any atom is 0.338 e. The van der Waals surface area contributed by atoms with Crippen LogP contribution in [0.2, 0.25) is 0 Å². The number of nitrogens with zero attached hydrogens (tertiary/aromatic N) is 2. The van der Waals surface area contributed by atoms with Crippen LogP contribution in [0.3, 0.4) is 0 Å². The average molecular weight is 308 g/mol. The number of carbonyl (C=O) groups is 2. The number of hydrogen-bond acceptors (Lipinski definition) is 4. The topological polar surface area (TPSA) is 96.3 Å². The van der Waals surface area contributed by atoms with Crippen molar-refractivity contribution >= 4 is 34.0 Å². The smallest absolute Gasteiger partial charge is 0.338 e. The molecule has 0 radical (unpaired) electrons. The van der Waals surface area contributed by atoms with E-state index in [1.54, 1.807) is 31.8 Å². The third kappa shape index (κ3) is 3.05. The summed E-state index contributed by atoms with van der Waals surface area (Å²) in [5.41, 5.74) is 2.07. The molecular weight excluding hydrogens is 292 g/mol. The summed E-state index contributed by atoms with van der Waals surface area (Å²) >= 11 is 1.24. The Kier molecular flexibility index (Phi) is 3.99. The minimum Gasteiger partial charge on any atom is -0.478 e. The fourth-order valence-electron chi connectivity index (χ4n) is 1.95. The number of carboxylic acid groups (broad SMARTS) is 1. The summed E-state index contributed by atoms with van der Waals surface area (Å²) in [7, 11) is 1.75. The lowest BCUT2D eigenvalue weighted by atomic mass is 10.1. The second kappa shape index (κ2) is 5.57. The largest absolute Gasteiger partial charge is 0.478 e. The highest BCUT2D eigenvalue weighted by atomic mass is 32.1. The highest BCUT2D eigenvalue weighted by molar-refractivity contribution is 7.16. The van der Waals surface area contributed by atoms with Crippen molar-refractivity contribution in [2.75, 3.05) is 10.6 Å². The minimum absolute atomic E-state index is 0.135. The van der Waals surface area contributed by atoms with E-state index in [2.05, 4.69) is 15.7 Å². The molecule has 0 bridgehead atoms. The van der Waals surface area contributed by atoms with E-state index in [0.717, 1.165) is 4.88 Å². The van der Waals surface area contributed by atoms with Crippen LogP contribution in [0.5, 0.6) is 0 Å². The zero-order chi connectivity index (χ0) is 15.7. The van der Waals surface area contributed by atoms with Crippen LogP contribution in [0, 0.1) is 20.8 Å². The standard InChI is InChI=1S/C13H16N4O3S/c1-6-8(3)21-11(10(6)12(18)19)15-13(20)14-9-5-17(4)16-7(9)2/h5H,1-4H3,(H,18,19)(H2,14,15,20). The lowest BCUT2D eigenvalue weighted by Gasteiger charge is -2.06. The Labute approximate surface area is 125 Å². The van der Waals surface area contributed by atoms with E-state index in [0.29, 0.717) is 21.9 Å². The molecule has 2 amide bonds. The number of carbonyl (C=O) groups excluding carboxylic acids is 1. The van der Waals surface area contributed by atoms with Gasteiger partial charge in [0.1, 0.15) is 5.00 Å². The summed E-state index contributed by atoms with van der Waals surface area (Å²) in [6.07, 6.45) is 1.68. The summed E-state index contributed by atoms with van der Waals surface area (Å²) in [5.74, 6) is -1.05. The lowest BCUT2D eigenvalue weighted by molar-refractivity contribution is 0.0697. The number of aromatic nitrogens is 2. The zero-order valence-corrected chi connectivity index (χ0v) is 13.0. The summed E-state index contributed by atoms with van der Waals surface area (Å²) in [4.78, 5) is 24.1. The fourth-order valence-corrected chi connectivity index (χ4v) is 3.00. The molecule has 2 rings (SSSR count). The molecule has 0 aliphatic heterocycles. The van der Waals surface area contributed by atoms with Gasteiger partial charge in [0.05, 0.1) is 16.9 Å². The summed E-state index contributed by atoms with van der Waals surface area (Å²) < 4.78 is 1.59. The predicted octanol–water partition coefficient (Wildman–Crippen LogP) is 2.75. The van der Waals surface area contributed by atoms with Crippen LogP contribution in [0.4, 0.5) is 15.5 Å². The maximum atomic E-state index is 12.0. The van der Waals surface area contributed by atoms with Gasteiger partial charge in [-0.3, -0.25) is 10.00 Å². The normalized spacial score (nSPS) is 10.5. The molecule has 2 aromatic heterocycles. The second-order valence-corrected chi connectivity index (χ2v) is 5.90. The Morgan fingerprint density at radius 2 is 1.95 bits per heavy atom. The Bertz CT molecular complexity index is 717. The third-order valence-corrected chi connectivity index (χ3v) is 4.21. The van der Waals surface area contributed by atoms with E-state index in [4.69, 9.17) is 0 Å². The molecule has 21 heavy (non-hydrogen) atoms. The number of amides is 2. The van der Waals surface area contributed by atoms with E-state index in [1.807, 2.05) is 6.92 Å². The van der Waals surface area contributed by atoms with Crippen LogP contribution < -0.4 is 10.6 Å². The van der Waals surface area contributed by atoms with Crippen LogP contribution in [-0.4, -0.2) is 26.9 Å². The Hall–Kier alpha value is -2.35. The van der Waals surface area contributed by atoms with Gasteiger partial charge in [-0.25, -0.2) is 9.59 Å². The van der Waals surface area contributed by atoms with E-state index in [9.17, 15) is 14.7 Å². The first kappa shape index (κ1) is 15.0. The number of aryl methyl sites for hydroxylation is 3. The summed E-state index contributed by atoms with van der Waals surface area (Å²) in [6, 6.07) is -0.491. The van der Waals surface area contributed by atoms with E-state index < -0.39 is 12.0 Å². The SMILES string of the molecule is Cc1nn(C)cc1NC(=O)Nc1sc(C)c(C)c1C(=O)O. The van der Waals surface area contributed by atoms with Crippen molar-refractivity contribution in [3.63, 3.8) is 0 Å². The monoisotopic (exact) mass is 308 g/mol. The average Bonchev–Trinajstić information content (AvgIpc) is 2.80. The Balaban J connectivity index is 2.19. The van der Waals surface area contributed by atoms with Gasteiger partial charge in [-0.2, -0.15) is 5.10 Å². The fraction of sp³-hybridized carbons (Fsp3) is 0.308. The highest BCUT2D eigenvalue weighted by Gasteiger charge is 2.20. The first-order valence-corrected chi connectivity index (χ1v) is 7.02. The molecule has 3 N–H and O–H groups in total. The molecule has 112 valence electrons.